The first kappa shape index (κ1) is 32.0. The van der Waals surface area contributed by atoms with Gasteiger partial charge in [-0.25, -0.2) is 0 Å². The number of benzene rings is 6. The van der Waals surface area contributed by atoms with Crippen LogP contribution in [0.3, 0.4) is 0 Å². The molecule has 44 heavy (non-hydrogen) atoms. The second-order valence-corrected chi connectivity index (χ2v) is 32.6. The molecule has 0 saturated carbocycles. The van der Waals surface area contributed by atoms with Gasteiger partial charge in [0.15, 0.2) is 0 Å². The molecule has 0 aromatic heterocycles. The third-order valence-corrected chi connectivity index (χ3v) is 37.4. The summed E-state index contributed by atoms with van der Waals surface area (Å²) in [5.74, 6) is 0. The van der Waals surface area contributed by atoms with Gasteiger partial charge in [0.25, 0.3) is 0 Å². The molecule has 6 rings (SSSR count). The van der Waals surface area contributed by atoms with Crippen LogP contribution in [0.25, 0.3) is 0 Å². The zero-order valence-corrected chi connectivity index (χ0v) is 32.6. The summed E-state index contributed by atoms with van der Waals surface area (Å²) in [6.45, 7) is 0. The molecule has 6 aromatic rings. The number of hydrogen-bond donors (Lipinski definition) is 0. The van der Waals surface area contributed by atoms with E-state index in [4.69, 9.17) is 4.03 Å². The molecule has 0 unspecified atom stereocenters. The summed E-state index contributed by atoms with van der Waals surface area (Å²) in [7, 11) is 0. The maximum atomic E-state index is 15.6. The number of hydrogen-bond acceptors (Lipinski definition) is 4. The molecule has 0 amide bonds. The van der Waals surface area contributed by atoms with E-state index in [0.29, 0.717) is 0 Å². The van der Waals surface area contributed by atoms with Crippen molar-refractivity contribution in [2.24, 2.45) is 0 Å². The van der Waals surface area contributed by atoms with Crippen LogP contribution in [0, 0.1) is 21.4 Å². The van der Waals surface area contributed by atoms with Crippen LogP contribution in [0.15, 0.2) is 182 Å². The Hall–Kier alpha value is -1.99. The van der Waals surface area contributed by atoms with E-state index in [-0.39, 0.29) is 0 Å². The van der Waals surface area contributed by atoms with Gasteiger partial charge in [0.2, 0.25) is 0 Å². The summed E-state index contributed by atoms with van der Waals surface area (Å²) in [6, 6.07) is 60.9. The second kappa shape index (κ2) is 16.0. The van der Waals surface area contributed by atoms with E-state index < -0.39 is 80.8 Å². The molecule has 224 valence electrons. The van der Waals surface area contributed by atoms with Crippen molar-refractivity contribution in [1.29, 1.82) is 0 Å². The summed E-state index contributed by atoms with van der Waals surface area (Å²) in [4.78, 5) is 0. The second-order valence-electron chi connectivity index (χ2n) is 9.17. The molecule has 0 fully saturated rings. The summed E-state index contributed by atoms with van der Waals surface area (Å²) < 4.78 is 42.9. The topological polar surface area (TPSA) is 44.8 Å². The summed E-state index contributed by atoms with van der Waals surface area (Å²) in [5.41, 5.74) is 0. The Kier molecular flexibility index (Phi) is 11.6. The standard InChI is InChI=1S/3C12H10IO.O.Sb/c3*14-13(11-7-3-1-4-8-11)12-9-5-2-6-10-12;;/h3*1-10H;;/q3*-1;;+3. The molecule has 6 aromatic carbocycles. The Morgan fingerprint density at radius 3 is 0.614 bits per heavy atom. The summed E-state index contributed by atoms with van der Waals surface area (Å²) in [6.07, 6.45) is 0. The van der Waals surface area contributed by atoms with E-state index in [1.165, 1.54) is 0 Å². The summed E-state index contributed by atoms with van der Waals surface area (Å²) >= 11 is -13.7. The van der Waals surface area contributed by atoms with Crippen molar-refractivity contribution in [2.45, 2.75) is 0 Å². The molecule has 0 aliphatic heterocycles. The third kappa shape index (κ3) is 8.42. The Bertz CT molecular complexity index is 1440. The van der Waals surface area contributed by atoms with Gasteiger partial charge >= 0.3 is 291 Å². The fourth-order valence-electron chi connectivity index (χ4n) is 4.08. The third-order valence-electron chi connectivity index (χ3n) is 6.05. The molecular formula is C36H30I3O4Sb. The van der Waals surface area contributed by atoms with E-state index in [0.717, 1.165) is 21.4 Å². The molecule has 0 N–H and O–H groups in total. The van der Waals surface area contributed by atoms with E-state index in [1.54, 1.807) is 0 Å². The molecule has 0 aliphatic rings. The molecule has 0 spiro atoms. The molecule has 0 heterocycles. The Morgan fingerprint density at radius 2 is 0.455 bits per heavy atom. The van der Waals surface area contributed by atoms with Crippen LogP contribution >= 0.6 is 60.7 Å². The predicted molar refractivity (Wildman–Crippen MR) is 203 cm³/mol. The van der Waals surface area contributed by atoms with Crippen LogP contribution < -0.4 is 0 Å². The van der Waals surface area contributed by atoms with E-state index in [1.807, 2.05) is 109 Å². The van der Waals surface area contributed by atoms with Gasteiger partial charge in [-0.15, -0.1) is 0 Å². The van der Waals surface area contributed by atoms with Crippen LogP contribution in [0.2, 0.25) is 0 Å². The van der Waals surface area contributed by atoms with Crippen molar-refractivity contribution in [2.75, 3.05) is 0 Å². The first-order valence-electron chi connectivity index (χ1n) is 13.8. The SMILES string of the molecule is [O]=[Sb]([O]I(c1ccccc1)c1ccccc1)([O]I(c1ccccc1)c1ccccc1)[O]I(c1ccccc1)c1ccccc1. The van der Waals surface area contributed by atoms with Crippen molar-refractivity contribution in [1.82, 2.24) is 0 Å². The quantitative estimate of drug-likeness (QED) is 0.0905. The number of rotatable bonds is 12. The van der Waals surface area contributed by atoms with Crippen LogP contribution in [-0.2, 0) is 7.05 Å². The van der Waals surface area contributed by atoms with Gasteiger partial charge in [-0.3, -0.25) is 0 Å². The summed E-state index contributed by atoms with van der Waals surface area (Å²) in [5, 5.41) is 0. The maximum absolute atomic E-state index is 15.6. The first-order chi connectivity index (χ1) is 21.7. The van der Waals surface area contributed by atoms with E-state index in [2.05, 4.69) is 72.8 Å². The van der Waals surface area contributed by atoms with Gasteiger partial charge in [-0.2, -0.15) is 0 Å². The van der Waals surface area contributed by atoms with Crippen molar-refractivity contribution >= 4 is 80.8 Å². The van der Waals surface area contributed by atoms with E-state index >= 15 is 3.02 Å². The molecule has 8 heteroatoms. The van der Waals surface area contributed by atoms with Gasteiger partial charge < -0.3 is 0 Å². The predicted octanol–water partition coefficient (Wildman–Crippen LogP) is 10.4. The number of halogens is 3. The average Bonchev–Trinajstić information content (AvgIpc) is 3.11. The molecule has 0 saturated heterocycles. The monoisotopic (exact) mass is 1030 g/mol. The minimum atomic E-state index is -5.47. The average molecular weight is 1030 g/mol. The Morgan fingerprint density at radius 1 is 0.295 bits per heavy atom. The first-order valence-corrected chi connectivity index (χ1v) is 27.1. The fourth-order valence-corrected chi connectivity index (χ4v) is 43.9. The molecule has 0 atom stereocenters. The van der Waals surface area contributed by atoms with Gasteiger partial charge in [0.1, 0.15) is 0 Å². The van der Waals surface area contributed by atoms with Gasteiger partial charge in [0.05, 0.1) is 0 Å². The van der Waals surface area contributed by atoms with Crippen molar-refractivity contribution in [3.05, 3.63) is 203 Å². The molecule has 0 radical (unpaired) electrons. The molecule has 0 aliphatic carbocycles. The van der Waals surface area contributed by atoms with Crippen LogP contribution in [0.4, 0.5) is 0 Å². The van der Waals surface area contributed by atoms with Crippen molar-refractivity contribution in [3.8, 4) is 0 Å². The van der Waals surface area contributed by atoms with Crippen molar-refractivity contribution in [3.63, 3.8) is 0 Å². The zero-order valence-electron chi connectivity index (χ0n) is 23.5. The normalized spacial score (nSPS) is 12.3. The van der Waals surface area contributed by atoms with Crippen molar-refractivity contribution < 1.29 is 7.05 Å². The molecular weight excluding hydrogens is 999 g/mol. The Balaban J connectivity index is 1.48. The fraction of sp³-hybridized carbons (Fsp3) is 0. The van der Waals surface area contributed by atoms with Crippen LogP contribution in [0.1, 0.15) is 0 Å². The molecule has 0 bridgehead atoms. The zero-order chi connectivity index (χ0) is 30.0. The van der Waals surface area contributed by atoms with Gasteiger partial charge in [0, 0.05) is 0 Å². The van der Waals surface area contributed by atoms with Gasteiger partial charge in [-0.05, 0) is 0 Å². The Labute approximate surface area is 287 Å². The van der Waals surface area contributed by atoms with Crippen LogP contribution in [0.5, 0.6) is 0 Å². The molecule has 4 nitrogen and oxygen atoms in total. The van der Waals surface area contributed by atoms with Gasteiger partial charge in [-0.1, -0.05) is 0 Å². The van der Waals surface area contributed by atoms with Crippen LogP contribution in [-0.4, -0.2) is 20.1 Å². The minimum absolute atomic E-state index is 1.05. The van der Waals surface area contributed by atoms with E-state index in [9.17, 15) is 0 Å².